The molecular weight excluding hydrogens is 345 g/mol. The second-order valence-corrected chi connectivity index (χ2v) is 8.05. The number of carbonyl (C=O) groups excluding carboxylic acids is 2. The third-order valence-corrected chi connectivity index (χ3v) is 6.06. The largest absolute Gasteiger partial charge is 0.336 e. The highest BCUT2D eigenvalue weighted by Gasteiger charge is 2.38. The van der Waals surface area contributed by atoms with Crippen LogP contribution in [0.1, 0.15) is 48.9 Å². The van der Waals surface area contributed by atoms with Crippen molar-refractivity contribution >= 4 is 11.8 Å². The summed E-state index contributed by atoms with van der Waals surface area (Å²) in [4.78, 5) is 31.6. The average Bonchev–Trinajstić information content (AvgIpc) is 3.36. The number of piperazine rings is 1. The van der Waals surface area contributed by atoms with Gasteiger partial charge in [-0.2, -0.15) is 0 Å². The maximum absolute atomic E-state index is 13.0. The van der Waals surface area contributed by atoms with E-state index in [-0.39, 0.29) is 17.6 Å². The van der Waals surface area contributed by atoms with Crippen LogP contribution in [0.5, 0.6) is 0 Å². The first-order valence-electron chi connectivity index (χ1n) is 10.2. The highest BCUT2D eigenvalue weighted by Crippen LogP contribution is 2.34. The zero-order valence-electron chi connectivity index (χ0n) is 15.8. The molecule has 5 nitrogen and oxygen atoms in total. The summed E-state index contributed by atoms with van der Waals surface area (Å²) < 4.78 is 13.0. The molecular formula is C21H28FN3O2. The van der Waals surface area contributed by atoms with E-state index in [1.165, 1.54) is 37.1 Å². The molecule has 6 heteroatoms. The van der Waals surface area contributed by atoms with Gasteiger partial charge in [0.1, 0.15) is 5.82 Å². The summed E-state index contributed by atoms with van der Waals surface area (Å²) in [6.07, 6.45) is 7.10. The number of hydrogen-bond acceptors (Lipinski definition) is 3. The number of nitrogens with zero attached hydrogens (tertiary/aromatic N) is 3. The fourth-order valence-corrected chi connectivity index (χ4v) is 4.40. The zero-order valence-corrected chi connectivity index (χ0v) is 15.8. The van der Waals surface area contributed by atoms with E-state index in [1.54, 1.807) is 4.90 Å². The Kier molecular flexibility index (Phi) is 5.43. The number of halogens is 1. The van der Waals surface area contributed by atoms with Crippen LogP contribution in [0.3, 0.4) is 0 Å². The molecule has 27 heavy (non-hydrogen) atoms. The van der Waals surface area contributed by atoms with Crippen LogP contribution in [0.4, 0.5) is 4.39 Å². The van der Waals surface area contributed by atoms with Gasteiger partial charge in [-0.05, 0) is 49.9 Å². The lowest BCUT2D eigenvalue weighted by molar-refractivity contribution is -0.135. The van der Waals surface area contributed by atoms with Gasteiger partial charge in [0.25, 0.3) is 5.91 Å². The summed E-state index contributed by atoms with van der Waals surface area (Å²) in [5.74, 6) is -0.133. The van der Waals surface area contributed by atoms with Crippen molar-refractivity contribution in [2.75, 3.05) is 32.7 Å². The maximum Gasteiger partial charge on any atom is 0.253 e. The molecule has 2 saturated carbocycles. The molecule has 0 aromatic heterocycles. The number of carbonyl (C=O) groups is 2. The second kappa shape index (κ2) is 7.97. The van der Waals surface area contributed by atoms with Gasteiger partial charge in [-0.1, -0.05) is 12.8 Å². The minimum atomic E-state index is -0.336. The number of rotatable bonds is 5. The molecule has 0 spiro atoms. The van der Waals surface area contributed by atoms with Crippen LogP contribution in [0.2, 0.25) is 0 Å². The monoisotopic (exact) mass is 373 g/mol. The Morgan fingerprint density at radius 2 is 1.52 bits per heavy atom. The van der Waals surface area contributed by atoms with Gasteiger partial charge in [0.2, 0.25) is 5.91 Å². The molecule has 2 amide bonds. The molecule has 1 aliphatic heterocycles. The van der Waals surface area contributed by atoms with Crippen LogP contribution >= 0.6 is 0 Å². The number of benzene rings is 1. The van der Waals surface area contributed by atoms with Crippen molar-refractivity contribution < 1.29 is 14.0 Å². The lowest BCUT2D eigenvalue weighted by Crippen LogP contribution is -2.52. The van der Waals surface area contributed by atoms with Crippen LogP contribution in [0.25, 0.3) is 0 Å². The van der Waals surface area contributed by atoms with Crippen molar-refractivity contribution in [1.29, 1.82) is 0 Å². The van der Waals surface area contributed by atoms with Crippen molar-refractivity contribution in [3.8, 4) is 0 Å². The molecule has 146 valence electrons. The molecule has 1 heterocycles. The molecule has 4 rings (SSSR count). The van der Waals surface area contributed by atoms with Crippen molar-refractivity contribution in [1.82, 2.24) is 14.7 Å². The molecule has 0 radical (unpaired) electrons. The van der Waals surface area contributed by atoms with Gasteiger partial charge in [-0.15, -0.1) is 0 Å². The Morgan fingerprint density at radius 1 is 0.926 bits per heavy atom. The van der Waals surface area contributed by atoms with Crippen molar-refractivity contribution in [2.24, 2.45) is 0 Å². The molecule has 3 fully saturated rings. The minimum absolute atomic E-state index is 0.0634. The smallest absolute Gasteiger partial charge is 0.253 e. The summed E-state index contributed by atoms with van der Waals surface area (Å²) in [6, 6.07) is 6.62. The second-order valence-electron chi connectivity index (χ2n) is 8.05. The molecule has 1 aromatic rings. The first-order valence-corrected chi connectivity index (χ1v) is 10.2. The Balaban J connectivity index is 1.29. The summed E-state index contributed by atoms with van der Waals surface area (Å²) in [7, 11) is 0. The van der Waals surface area contributed by atoms with Crippen molar-refractivity contribution in [3.63, 3.8) is 0 Å². The molecule has 2 aliphatic carbocycles. The third kappa shape index (κ3) is 4.32. The summed E-state index contributed by atoms with van der Waals surface area (Å²) in [6.45, 7) is 3.10. The normalized spacial score (nSPS) is 21.4. The van der Waals surface area contributed by atoms with E-state index < -0.39 is 0 Å². The quantitative estimate of drug-likeness (QED) is 0.797. The van der Waals surface area contributed by atoms with E-state index >= 15 is 0 Å². The molecule has 0 atom stereocenters. The minimum Gasteiger partial charge on any atom is -0.336 e. The van der Waals surface area contributed by atoms with Gasteiger partial charge in [-0.25, -0.2) is 4.39 Å². The highest BCUT2D eigenvalue weighted by molar-refractivity contribution is 5.94. The lowest BCUT2D eigenvalue weighted by Gasteiger charge is -2.36. The molecule has 3 aliphatic rings. The molecule has 0 unspecified atom stereocenters. The van der Waals surface area contributed by atoms with Crippen LogP contribution in [-0.4, -0.2) is 71.3 Å². The Labute approximate surface area is 160 Å². The average molecular weight is 373 g/mol. The van der Waals surface area contributed by atoms with Crippen LogP contribution in [-0.2, 0) is 4.79 Å². The van der Waals surface area contributed by atoms with E-state index in [9.17, 15) is 14.0 Å². The molecule has 1 aromatic carbocycles. The Morgan fingerprint density at radius 3 is 2.11 bits per heavy atom. The molecule has 0 N–H and O–H groups in total. The fourth-order valence-electron chi connectivity index (χ4n) is 4.40. The maximum atomic E-state index is 13.0. The fraction of sp³-hybridized carbons (Fsp3) is 0.619. The van der Waals surface area contributed by atoms with E-state index in [2.05, 4.69) is 9.80 Å². The third-order valence-electron chi connectivity index (χ3n) is 6.06. The zero-order chi connectivity index (χ0) is 18.8. The van der Waals surface area contributed by atoms with Crippen LogP contribution in [0, 0.1) is 5.82 Å². The van der Waals surface area contributed by atoms with Gasteiger partial charge in [0, 0.05) is 43.8 Å². The molecule has 1 saturated heterocycles. The Hall–Kier alpha value is -1.95. The van der Waals surface area contributed by atoms with Gasteiger partial charge in [0.05, 0.1) is 6.54 Å². The lowest BCUT2D eigenvalue weighted by atomic mass is 10.1. The van der Waals surface area contributed by atoms with E-state index in [1.807, 2.05) is 0 Å². The van der Waals surface area contributed by atoms with Gasteiger partial charge in [0.15, 0.2) is 0 Å². The van der Waals surface area contributed by atoms with E-state index in [0.29, 0.717) is 50.4 Å². The van der Waals surface area contributed by atoms with E-state index in [0.717, 1.165) is 25.7 Å². The summed E-state index contributed by atoms with van der Waals surface area (Å²) in [5.41, 5.74) is 0.516. The van der Waals surface area contributed by atoms with Crippen LogP contribution < -0.4 is 0 Å². The first kappa shape index (κ1) is 18.4. The predicted molar refractivity (Wildman–Crippen MR) is 101 cm³/mol. The standard InChI is InChI=1S/C21H28FN3O2/c22-17-7-5-16(6-8-17)21(27)24-13-11-23(12-14-24)15-20(26)25(19-9-10-19)18-3-1-2-4-18/h5-8,18-19H,1-4,9-15H2. The Bertz CT molecular complexity index is 675. The topological polar surface area (TPSA) is 43.9 Å². The van der Waals surface area contributed by atoms with Gasteiger partial charge >= 0.3 is 0 Å². The number of amides is 2. The van der Waals surface area contributed by atoms with Crippen LogP contribution in [0.15, 0.2) is 24.3 Å². The molecule has 0 bridgehead atoms. The summed E-state index contributed by atoms with van der Waals surface area (Å²) >= 11 is 0. The summed E-state index contributed by atoms with van der Waals surface area (Å²) in [5, 5.41) is 0. The van der Waals surface area contributed by atoms with Crippen molar-refractivity contribution in [3.05, 3.63) is 35.6 Å². The predicted octanol–water partition coefficient (Wildman–Crippen LogP) is 2.52. The SMILES string of the molecule is O=C(c1ccc(F)cc1)N1CCN(CC(=O)N(C2CCCC2)C2CC2)CC1. The highest BCUT2D eigenvalue weighted by atomic mass is 19.1. The van der Waals surface area contributed by atoms with Crippen molar-refractivity contribution in [2.45, 2.75) is 50.6 Å². The first-order chi connectivity index (χ1) is 13.1. The van der Waals surface area contributed by atoms with Gasteiger partial charge < -0.3 is 9.80 Å². The van der Waals surface area contributed by atoms with Gasteiger partial charge in [-0.3, -0.25) is 14.5 Å². The van der Waals surface area contributed by atoms with E-state index in [4.69, 9.17) is 0 Å². The number of hydrogen-bond donors (Lipinski definition) is 0.